The topological polar surface area (TPSA) is 122 Å². The van der Waals surface area contributed by atoms with Gasteiger partial charge in [-0.1, -0.05) is 12.1 Å². The van der Waals surface area contributed by atoms with Crippen molar-refractivity contribution in [1.29, 1.82) is 0 Å². The first-order valence-corrected chi connectivity index (χ1v) is 11.1. The predicted molar refractivity (Wildman–Crippen MR) is 111 cm³/mol. The molecule has 2 N–H and O–H groups in total. The van der Waals surface area contributed by atoms with E-state index in [1.807, 2.05) is 0 Å². The fourth-order valence-corrected chi connectivity index (χ4v) is 4.94. The normalized spacial score (nSPS) is 15.3. The first-order valence-electron chi connectivity index (χ1n) is 9.63. The van der Waals surface area contributed by atoms with E-state index in [9.17, 15) is 23.1 Å². The van der Waals surface area contributed by atoms with Crippen molar-refractivity contribution in [2.75, 3.05) is 27.3 Å². The molecule has 0 saturated carbocycles. The summed E-state index contributed by atoms with van der Waals surface area (Å²) in [5.41, 5.74) is 0.353. The lowest BCUT2D eigenvalue weighted by atomic mass is 10.1. The number of nitrogens with one attached hydrogen (secondary N) is 1. The zero-order valence-electron chi connectivity index (χ0n) is 17.2. The zero-order valence-corrected chi connectivity index (χ0v) is 18.0. The Morgan fingerprint density at radius 2 is 1.81 bits per heavy atom. The van der Waals surface area contributed by atoms with Gasteiger partial charge >= 0.3 is 5.97 Å². The van der Waals surface area contributed by atoms with Crippen LogP contribution in [0.4, 0.5) is 0 Å². The van der Waals surface area contributed by atoms with Crippen LogP contribution in [0.5, 0.6) is 11.5 Å². The van der Waals surface area contributed by atoms with Crippen LogP contribution in [0.2, 0.25) is 0 Å². The van der Waals surface area contributed by atoms with Crippen molar-refractivity contribution in [1.82, 2.24) is 9.62 Å². The first-order chi connectivity index (χ1) is 14.8. The third kappa shape index (κ3) is 4.80. The maximum Gasteiger partial charge on any atom is 0.333 e. The van der Waals surface area contributed by atoms with Gasteiger partial charge in [0.1, 0.15) is 0 Å². The molecule has 0 aliphatic carbocycles. The Morgan fingerprint density at radius 1 is 1.10 bits per heavy atom. The number of amides is 1. The molecule has 31 heavy (non-hydrogen) atoms. The van der Waals surface area contributed by atoms with Gasteiger partial charge in [-0.3, -0.25) is 4.79 Å². The minimum absolute atomic E-state index is 0.0127. The fraction of sp³-hybridized carbons (Fsp3) is 0.333. The molecule has 0 spiro atoms. The van der Waals surface area contributed by atoms with Gasteiger partial charge in [0.25, 0.3) is 5.91 Å². The zero-order chi connectivity index (χ0) is 22.6. The molecule has 1 amide bonds. The summed E-state index contributed by atoms with van der Waals surface area (Å²) in [5.74, 6) is -1.41. The lowest BCUT2D eigenvalue weighted by molar-refractivity contribution is -0.143. The van der Waals surface area contributed by atoms with E-state index in [2.05, 4.69) is 5.32 Å². The number of nitrogens with zero attached hydrogens (tertiary/aromatic N) is 1. The Bertz CT molecular complexity index is 1080. The SMILES string of the molecule is COC(=O)[C@@H](NC(=O)c1cccc(S(=O)(=O)N2CCCC2)c1)c1ccc(OC)c(O)c1. The molecule has 1 heterocycles. The molecule has 0 radical (unpaired) electrons. The lowest BCUT2D eigenvalue weighted by Crippen LogP contribution is -2.34. The average Bonchev–Trinajstić information content (AvgIpc) is 3.32. The number of benzene rings is 2. The Balaban J connectivity index is 1.87. The molecule has 3 rings (SSSR count). The van der Waals surface area contributed by atoms with Crippen molar-refractivity contribution < 1.29 is 32.6 Å². The standard InChI is InChI=1S/C21H24N2O7S/c1-29-18-9-8-14(13-17(18)24)19(21(26)30-2)22-20(25)15-6-5-7-16(12-15)31(27,28)23-10-3-4-11-23/h5-9,12-13,19,24H,3-4,10-11H2,1-2H3,(H,22,25)/t19-/m0/s1. The number of esters is 1. The molecule has 1 aliphatic heterocycles. The Hall–Kier alpha value is -3.11. The van der Waals surface area contributed by atoms with E-state index in [1.54, 1.807) is 0 Å². The minimum atomic E-state index is -3.69. The van der Waals surface area contributed by atoms with Crippen molar-refractivity contribution in [3.8, 4) is 11.5 Å². The van der Waals surface area contributed by atoms with Gasteiger partial charge in [0.2, 0.25) is 10.0 Å². The largest absolute Gasteiger partial charge is 0.504 e. The second-order valence-corrected chi connectivity index (χ2v) is 8.94. The number of phenols is 1. The smallest absolute Gasteiger partial charge is 0.333 e. The highest BCUT2D eigenvalue weighted by Crippen LogP contribution is 2.29. The van der Waals surface area contributed by atoms with E-state index >= 15 is 0 Å². The highest BCUT2D eigenvalue weighted by atomic mass is 32.2. The molecule has 2 aromatic rings. The van der Waals surface area contributed by atoms with Gasteiger partial charge in [0, 0.05) is 18.7 Å². The van der Waals surface area contributed by atoms with Crippen molar-refractivity contribution in [2.24, 2.45) is 0 Å². The quantitative estimate of drug-likeness (QED) is 0.620. The second kappa shape index (κ2) is 9.36. The van der Waals surface area contributed by atoms with E-state index in [4.69, 9.17) is 9.47 Å². The lowest BCUT2D eigenvalue weighted by Gasteiger charge is -2.19. The van der Waals surface area contributed by atoms with Crippen molar-refractivity contribution in [2.45, 2.75) is 23.8 Å². The summed E-state index contributed by atoms with van der Waals surface area (Å²) < 4.78 is 36.7. The van der Waals surface area contributed by atoms with Crippen LogP contribution in [-0.4, -0.2) is 57.0 Å². The number of phenolic OH excluding ortho intramolecular Hbond substituents is 1. The highest BCUT2D eigenvalue weighted by Gasteiger charge is 2.29. The third-order valence-electron chi connectivity index (χ3n) is 5.05. The van der Waals surface area contributed by atoms with Gasteiger partial charge in [-0.15, -0.1) is 0 Å². The van der Waals surface area contributed by atoms with E-state index in [0.29, 0.717) is 13.1 Å². The number of sulfonamides is 1. The van der Waals surface area contributed by atoms with Gasteiger partial charge < -0.3 is 19.9 Å². The molecule has 9 nitrogen and oxygen atoms in total. The molecule has 166 valence electrons. The predicted octanol–water partition coefficient (Wildman–Crippen LogP) is 1.83. The molecule has 1 saturated heterocycles. The number of hydrogen-bond donors (Lipinski definition) is 2. The molecule has 0 unspecified atom stereocenters. The monoisotopic (exact) mass is 448 g/mol. The van der Waals surface area contributed by atoms with Crippen molar-refractivity contribution in [3.63, 3.8) is 0 Å². The molecule has 2 aromatic carbocycles. The molecular formula is C21H24N2O7S. The number of rotatable bonds is 7. The Morgan fingerprint density at radius 3 is 2.42 bits per heavy atom. The van der Waals surface area contributed by atoms with Gasteiger partial charge in [-0.05, 0) is 48.7 Å². The van der Waals surface area contributed by atoms with Crippen molar-refractivity contribution >= 4 is 21.9 Å². The maximum absolute atomic E-state index is 12.8. The summed E-state index contributed by atoms with van der Waals surface area (Å²) in [4.78, 5) is 25.1. The summed E-state index contributed by atoms with van der Waals surface area (Å²) in [6.45, 7) is 0.897. The van der Waals surface area contributed by atoms with E-state index in [0.717, 1.165) is 12.8 Å². The molecule has 1 aliphatic rings. The van der Waals surface area contributed by atoms with E-state index in [1.165, 1.54) is 61.0 Å². The molecular weight excluding hydrogens is 424 g/mol. The van der Waals surface area contributed by atoms with Gasteiger partial charge in [-0.2, -0.15) is 4.31 Å². The Kier molecular flexibility index (Phi) is 6.81. The van der Waals surface area contributed by atoms with Gasteiger partial charge in [0.15, 0.2) is 17.5 Å². The van der Waals surface area contributed by atoms with Crippen LogP contribution in [0, 0.1) is 0 Å². The number of carbonyl (C=O) groups excluding carboxylic acids is 2. The molecule has 0 aromatic heterocycles. The summed E-state index contributed by atoms with van der Waals surface area (Å²) in [7, 11) is -1.13. The number of methoxy groups -OCH3 is 2. The van der Waals surface area contributed by atoms with Crippen LogP contribution in [0.15, 0.2) is 47.4 Å². The molecule has 0 bridgehead atoms. The average molecular weight is 448 g/mol. The summed E-state index contributed by atoms with van der Waals surface area (Å²) >= 11 is 0. The van der Waals surface area contributed by atoms with Crippen LogP contribution in [0.3, 0.4) is 0 Å². The molecule has 1 atom stereocenters. The van der Waals surface area contributed by atoms with Crippen LogP contribution < -0.4 is 10.1 Å². The van der Waals surface area contributed by atoms with Crippen LogP contribution in [0.25, 0.3) is 0 Å². The number of carbonyl (C=O) groups is 2. The van der Waals surface area contributed by atoms with Crippen LogP contribution >= 0.6 is 0 Å². The third-order valence-corrected chi connectivity index (χ3v) is 6.94. The van der Waals surface area contributed by atoms with E-state index < -0.39 is 27.9 Å². The summed E-state index contributed by atoms with van der Waals surface area (Å²) in [6, 6.07) is 8.68. The first kappa shape index (κ1) is 22.6. The molecule has 10 heteroatoms. The summed E-state index contributed by atoms with van der Waals surface area (Å²) in [5, 5.41) is 12.6. The van der Waals surface area contributed by atoms with Gasteiger partial charge in [-0.25, -0.2) is 13.2 Å². The van der Waals surface area contributed by atoms with E-state index in [-0.39, 0.29) is 27.5 Å². The number of aromatic hydroxyl groups is 1. The minimum Gasteiger partial charge on any atom is -0.504 e. The van der Waals surface area contributed by atoms with Gasteiger partial charge in [0.05, 0.1) is 19.1 Å². The summed E-state index contributed by atoms with van der Waals surface area (Å²) in [6.07, 6.45) is 1.60. The van der Waals surface area contributed by atoms with Crippen molar-refractivity contribution in [3.05, 3.63) is 53.6 Å². The maximum atomic E-state index is 12.8. The second-order valence-electron chi connectivity index (χ2n) is 7.00. The number of hydrogen-bond acceptors (Lipinski definition) is 7. The fourth-order valence-electron chi connectivity index (χ4n) is 3.37. The highest BCUT2D eigenvalue weighted by molar-refractivity contribution is 7.89. The molecule has 1 fully saturated rings. The van der Waals surface area contributed by atoms with Crippen LogP contribution in [-0.2, 0) is 19.6 Å². The Labute approximate surface area is 180 Å². The number of ether oxygens (including phenoxy) is 2. The van der Waals surface area contributed by atoms with Crippen LogP contribution in [0.1, 0.15) is 34.8 Å².